The molecule has 0 radical (unpaired) electrons. The van der Waals surface area contributed by atoms with Crippen molar-refractivity contribution in [3.63, 3.8) is 0 Å². The van der Waals surface area contributed by atoms with E-state index in [1.54, 1.807) is 96.5 Å². The Morgan fingerprint density at radius 2 is 1.07 bits per heavy atom. The molecule has 2 aromatic carbocycles. The molecule has 4 aliphatic rings. The van der Waals surface area contributed by atoms with Crippen LogP contribution in [0.2, 0.25) is 0 Å². The van der Waals surface area contributed by atoms with Crippen LogP contribution in [0.4, 0.5) is 23.0 Å². The molecule has 2 atom stereocenters. The molecule has 10 rings (SSSR count). The summed E-state index contributed by atoms with van der Waals surface area (Å²) in [6.45, 7) is 4.81. The first-order valence-corrected chi connectivity index (χ1v) is 24.6. The number of benzene rings is 2. The van der Waals surface area contributed by atoms with Gasteiger partial charge >= 0.3 is 5.97 Å². The average Bonchev–Trinajstić information content (AvgIpc) is 4.17. The predicted molar refractivity (Wildman–Crippen MR) is 274 cm³/mol. The Balaban J connectivity index is 0.000000166. The summed E-state index contributed by atoms with van der Waals surface area (Å²) in [5.41, 5.74) is 11.8. The number of likely N-dealkylation sites (N-methyl/N-ethyl adjacent to an activating group) is 2. The minimum atomic E-state index is -0.879. The highest BCUT2D eigenvalue weighted by Crippen LogP contribution is 2.42. The number of nitrogens with one attached hydrogen (secondary N) is 1. The molecule has 4 N–H and O–H groups in total. The van der Waals surface area contributed by atoms with Crippen LogP contribution in [-0.4, -0.2) is 97.0 Å². The molecule has 6 heterocycles. The molecule has 0 bridgehead atoms. The summed E-state index contributed by atoms with van der Waals surface area (Å²) in [6.07, 6.45) is 21.0. The van der Waals surface area contributed by atoms with Gasteiger partial charge in [0.15, 0.2) is 23.3 Å². The lowest BCUT2D eigenvalue weighted by Gasteiger charge is -2.43. The van der Waals surface area contributed by atoms with E-state index < -0.39 is 5.97 Å². The van der Waals surface area contributed by atoms with E-state index in [1.165, 1.54) is 25.7 Å². The summed E-state index contributed by atoms with van der Waals surface area (Å²) in [6, 6.07) is 21.5. The number of anilines is 4. The standard InChI is InChI=1S/C27H30N6O2.C20H26N6O.C7H6O2/c1-3-22-27(35)32(2)23-17-29-24(31-25(23)33(22)20-11-7-8-12-20)21-13-14-28-15-19(21)16-30-26(34)18-9-5-4-6-10-18;1-3-16-20(27)25(2)17-12-23-18(15-8-9-22-11-13(15)10-21)24-19(17)26(16)14-6-4-5-7-14;8-7(9)6-4-2-1-3-5-6/h4-6,9-10,13-15,17,20,22H,3,7-8,11-12,16H2,1-2H3,(H,30,34);8-9,11-12,14,16H,3-7,10,21H2,1-2H3;1-5H,(H,8,9)/t22-;16-;/m11./s1. The summed E-state index contributed by atoms with van der Waals surface area (Å²) >= 11 is 0. The number of nitrogens with two attached hydrogens (primary N) is 1. The van der Waals surface area contributed by atoms with Crippen molar-refractivity contribution in [1.29, 1.82) is 0 Å². The number of aromatic carboxylic acids is 1. The van der Waals surface area contributed by atoms with Gasteiger partial charge in [-0.25, -0.2) is 24.7 Å². The summed E-state index contributed by atoms with van der Waals surface area (Å²) in [5.74, 6) is 2.07. The van der Waals surface area contributed by atoms with E-state index >= 15 is 0 Å². The number of pyridine rings is 2. The lowest BCUT2D eigenvalue weighted by atomic mass is 10.0. The van der Waals surface area contributed by atoms with Gasteiger partial charge in [-0.1, -0.05) is 75.9 Å². The van der Waals surface area contributed by atoms with E-state index in [0.29, 0.717) is 47.9 Å². The zero-order valence-corrected chi connectivity index (χ0v) is 40.8. The maximum atomic E-state index is 13.1. The number of carboxylic acids is 1. The third kappa shape index (κ3) is 10.7. The lowest BCUT2D eigenvalue weighted by Crippen LogP contribution is -2.55. The molecular formula is C54H62N12O5. The molecule has 17 heteroatoms. The normalized spacial score (nSPS) is 17.7. The van der Waals surface area contributed by atoms with Crippen molar-refractivity contribution in [2.75, 3.05) is 33.7 Å². The number of hydrogen-bond acceptors (Lipinski definition) is 13. The molecule has 0 saturated heterocycles. The van der Waals surface area contributed by atoms with Crippen LogP contribution in [-0.2, 0) is 22.7 Å². The zero-order valence-electron chi connectivity index (χ0n) is 40.8. The van der Waals surface area contributed by atoms with Gasteiger partial charge < -0.3 is 35.8 Å². The van der Waals surface area contributed by atoms with Gasteiger partial charge in [-0.15, -0.1) is 0 Å². The summed E-state index contributed by atoms with van der Waals surface area (Å²) < 4.78 is 0. The van der Waals surface area contributed by atoms with E-state index in [0.717, 1.165) is 83.8 Å². The second kappa shape index (κ2) is 22.8. The highest BCUT2D eigenvalue weighted by molar-refractivity contribution is 6.05. The van der Waals surface area contributed by atoms with E-state index in [-0.39, 0.29) is 29.8 Å². The molecule has 3 amide bonds. The highest BCUT2D eigenvalue weighted by atomic mass is 16.4. The van der Waals surface area contributed by atoms with Crippen molar-refractivity contribution in [2.45, 2.75) is 115 Å². The Morgan fingerprint density at radius 1 is 0.634 bits per heavy atom. The zero-order chi connectivity index (χ0) is 50.0. The number of nitrogens with zero attached hydrogens (tertiary/aromatic N) is 10. The number of carbonyl (C=O) groups excluding carboxylic acids is 3. The quantitative estimate of drug-likeness (QED) is 0.113. The molecule has 6 aromatic rings. The fourth-order valence-electron chi connectivity index (χ4n) is 10.1. The van der Waals surface area contributed by atoms with Crippen LogP contribution in [0.5, 0.6) is 0 Å². The van der Waals surface area contributed by atoms with Crippen LogP contribution in [0.15, 0.2) is 110 Å². The van der Waals surface area contributed by atoms with Crippen molar-refractivity contribution in [2.24, 2.45) is 5.73 Å². The van der Waals surface area contributed by atoms with Crippen LogP contribution in [0.25, 0.3) is 22.8 Å². The maximum absolute atomic E-state index is 13.1. The molecular weight excluding hydrogens is 897 g/mol. The third-order valence-corrected chi connectivity index (χ3v) is 13.8. The molecule has 2 aliphatic carbocycles. The molecule has 0 spiro atoms. The van der Waals surface area contributed by atoms with Gasteiger partial charge in [-0.05, 0) is 80.5 Å². The van der Waals surface area contributed by atoms with E-state index in [4.69, 9.17) is 20.8 Å². The van der Waals surface area contributed by atoms with Crippen LogP contribution in [0, 0.1) is 0 Å². The first-order valence-electron chi connectivity index (χ1n) is 24.6. The monoisotopic (exact) mass is 958 g/mol. The molecule has 17 nitrogen and oxygen atoms in total. The summed E-state index contributed by atoms with van der Waals surface area (Å²) in [4.78, 5) is 84.3. The SMILES string of the molecule is CC[C@@H]1C(=O)N(C)c2cnc(-c3ccncc3CN)nc2N1C1CCCC1.CC[C@@H]1C(=O)N(C)c2cnc(-c3ccncc3CNC(=O)c3ccccc3)nc2N1C1CCCC1.O=C(O)c1ccccc1. The molecule has 0 unspecified atom stereocenters. The van der Waals surface area contributed by atoms with Gasteiger partial charge in [0.2, 0.25) is 11.8 Å². The van der Waals surface area contributed by atoms with Gasteiger partial charge in [-0.3, -0.25) is 24.4 Å². The third-order valence-electron chi connectivity index (χ3n) is 13.8. The van der Waals surface area contributed by atoms with Crippen LogP contribution < -0.4 is 30.7 Å². The number of fused-ring (bicyclic) bond motifs is 2. The number of hydrogen-bond donors (Lipinski definition) is 3. The van der Waals surface area contributed by atoms with Crippen molar-refractivity contribution >= 4 is 46.7 Å². The largest absolute Gasteiger partial charge is 0.478 e. The van der Waals surface area contributed by atoms with Gasteiger partial charge in [0, 0.05) is 86.3 Å². The molecule has 2 fully saturated rings. The first kappa shape index (κ1) is 49.8. The van der Waals surface area contributed by atoms with E-state index in [2.05, 4.69) is 48.9 Å². The molecule has 4 aromatic heterocycles. The number of amides is 3. The second-order valence-electron chi connectivity index (χ2n) is 18.1. The van der Waals surface area contributed by atoms with Gasteiger partial charge in [0.1, 0.15) is 23.5 Å². The number of aromatic nitrogens is 6. The lowest BCUT2D eigenvalue weighted by molar-refractivity contribution is -0.120. The molecule has 2 aliphatic heterocycles. The second-order valence-corrected chi connectivity index (χ2v) is 18.1. The summed E-state index contributed by atoms with van der Waals surface area (Å²) in [5, 5.41) is 11.4. The Morgan fingerprint density at radius 3 is 1.49 bits per heavy atom. The average molecular weight is 959 g/mol. The van der Waals surface area contributed by atoms with Gasteiger partial charge in [0.05, 0.1) is 18.0 Å². The van der Waals surface area contributed by atoms with Gasteiger partial charge in [0.25, 0.3) is 5.91 Å². The molecule has 71 heavy (non-hydrogen) atoms. The maximum Gasteiger partial charge on any atom is 0.335 e. The molecule has 368 valence electrons. The van der Waals surface area contributed by atoms with Crippen LogP contribution in [0.3, 0.4) is 0 Å². The predicted octanol–water partition coefficient (Wildman–Crippen LogP) is 7.86. The molecule has 2 saturated carbocycles. The number of carboxylic acid groups (broad SMARTS) is 1. The van der Waals surface area contributed by atoms with Crippen LogP contribution in [0.1, 0.15) is 110 Å². The summed E-state index contributed by atoms with van der Waals surface area (Å²) in [7, 11) is 3.62. The topological polar surface area (TPSA) is 217 Å². The number of rotatable bonds is 11. The van der Waals surface area contributed by atoms with E-state index in [9.17, 15) is 19.2 Å². The Hall–Kier alpha value is -7.66. The smallest absolute Gasteiger partial charge is 0.335 e. The highest BCUT2D eigenvalue weighted by Gasteiger charge is 2.43. The fourth-order valence-corrected chi connectivity index (χ4v) is 10.1. The van der Waals surface area contributed by atoms with Crippen molar-refractivity contribution < 1.29 is 24.3 Å². The van der Waals surface area contributed by atoms with Crippen molar-refractivity contribution in [3.8, 4) is 22.8 Å². The van der Waals surface area contributed by atoms with Gasteiger partial charge in [-0.2, -0.15) is 0 Å². The number of carbonyl (C=O) groups is 4. The fraction of sp³-hybridized carbons (Fsp3) is 0.370. The Bertz CT molecular complexity index is 2820. The minimum Gasteiger partial charge on any atom is -0.478 e. The van der Waals surface area contributed by atoms with Crippen molar-refractivity contribution in [1.82, 2.24) is 35.2 Å². The van der Waals surface area contributed by atoms with E-state index in [1.807, 2.05) is 37.4 Å². The van der Waals surface area contributed by atoms with Crippen LogP contribution >= 0.6 is 0 Å². The Labute approximate surface area is 414 Å². The first-order chi connectivity index (χ1) is 34.5. The minimum absolute atomic E-state index is 0.0940. The van der Waals surface area contributed by atoms with Crippen molar-refractivity contribution in [3.05, 3.63) is 132 Å². The Kier molecular flexibility index (Phi) is 16.0.